The highest BCUT2D eigenvalue weighted by molar-refractivity contribution is 8.38. The maximum Gasteiger partial charge on any atom is 0.140 e. The second-order valence-corrected chi connectivity index (χ2v) is 7.77. The van der Waals surface area contributed by atoms with Crippen LogP contribution in [0.2, 0.25) is 0 Å². The van der Waals surface area contributed by atoms with Gasteiger partial charge in [-0.05, 0) is 37.6 Å². The Morgan fingerprint density at radius 1 is 1.00 bits per heavy atom. The van der Waals surface area contributed by atoms with Crippen molar-refractivity contribution in [3.05, 3.63) is 0 Å². The van der Waals surface area contributed by atoms with E-state index < -0.39 is 0 Å². The van der Waals surface area contributed by atoms with E-state index in [0.717, 1.165) is 11.3 Å². The molecule has 3 aliphatic rings. The summed E-state index contributed by atoms with van der Waals surface area (Å²) < 4.78 is 4.95. The van der Waals surface area contributed by atoms with Crippen molar-refractivity contribution in [1.82, 2.24) is 4.72 Å². The Bertz CT molecular complexity index is 287. The van der Waals surface area contributed by atoms with Crippen molar-refractivity contribution in [1.29, 1.82) is 0 Å². The SMILES string of the molecule is C1CCC(NSC2=NC3CCCCC3S2)CC1. The molecule has 2 atom stereocenters. The molecule has 2 aliphatic carbocycles. The Kier molecular flexibility index (Phi) is 4.35. The standard InChI is InChI=1S/C13H22N2S2/c1-2-6-10(7-3-1)15-17-13-14-11-8-4-5-9-12(11)16-13/h10-12,15H,1-9H2. The average molecular weight is 270 g/mol. The normalized spacial score (nSPS) is 34.5. The molecule has 2 fully saturated rings. The molecule has 0 aromatic rings. The molecule has 0 saturated heterocycles. The molecule has 4 heteroatoms. The van der Waals surface area contributed by atoms with Crippen molar-refractivity contribution >= 4 is 28.1 Å². The number of fused-ring (bicyclic) bond motifs is 1. The monoisotopic (exact) mass is 270 g/mol. The largest absolute Gasteiger partial charge is 0.266 e. The molecule has 0 aromatic carbocycles. The first-order valence-corrected chi connectivity index (χ1v) is 8.78. The highest BCUT2D eigenvalue weighted by atomic mass is 32.2. The van der Waals surface area contributed by atoms with Gasteiger partial charge in [-0.3, -0.25) is 9.71 Å². The van der Waals surface area contributed by atoms with E-state index in [-0.39, 0.29) is 0 Å². The van der Waals surface area contributed by atoms with Crippen LogP contribution in [0.4, 0.5) is 0 Å². The summed E-state index contributed by atoms with van der Waals surface area (Å²) in [6.07, 6.45) is 12.5. The number of hydrogen-bond donors (Lipinski definition) is 1. The van der Waals surface area contributed by atoms with Crippen molar-refractivity contribution in [2.45, 2.75) is 75.1 Å². The summed E-state index contributed by atoms with van der Waals surface area (Å²) in [4.78, 5) is 4.87. The van der Waals surface area contributed by atoms with Crippen LogP contribution in [0.1, 0.15) is 57.8 Å². The van der Waals surface area contributed by atoms with E-state index in [2.05, 4.69) is 4.72 Å². The van der Waals surface area contributed by atoms with Crippen LogP contribution in [0.25, 0.3) is 0 Å². The zero-order valence-corrected chi connectivity index (χ0v) is 12.0. The molecule has 0 aromatic heterocycles. The molecule has 1 N–H and O–H groups in total. The molecule has 17 heavy (non-hydrogen) atoms. The smallest absolute Gasteiger partial charge is 0.140 e. The summed E-state index contributed by atoms with van der Waals surface area (Å²) in [5.74, 6) is 0. The lowest BCUT2D eigenvalue weighted by atomic mass is 9.96. The predicted molar refractivity (Wildman–Crippen MR) is 78.7 cm³/mol. The second-order valence-electron chi connectivity index (χ2n) is 5.46. The minimum absolute atomic E-state index is 0.643. The minimum atomic E-state index is 0.643. The van der Waals surface area contributed by atoms with Crippen molar-refractivity contribution in [2.24, 2.45) is 4.99 Å². The van der Waals surface area contributed by atoms with Gasteiger partial charge in [0.2, 0.25) is 0 Å². The molecule has 0 radical (unpaired) electrons. The van der Waals surface area contributed by atoms with Crippen LogP contribution in [0.15, 0.2) is 4.99 Å². The lowest BCUT2D eigenvalue weighted by Gasteiger charge is -2.22. The predicted octanol–water partition coefficient (Wildman–Crippen LogP) is 3.97. The van der Waals surface area contributed by atoms with Crippen LogP contribution < -0.4 is 4.72 Å². The van der Waals surface area contributed by atoms with Crippen LogP contribution in [0, 0.1) is 0 Å². The number of aliphatic imine (C=N–C) groups is 1. The fourth-order valence-electron chi connectivity index (χ4n) is 3.06. The summed E-state index contributed by atoms with van der Waals surface area (Å²) >= 11 is 3.85. The Morgan fingerprint density at radius 2 is 1.76 bits per heavy atom. The van der Waals surface area contributed by atoms with Crippen LogP contribution in [-0.4, -0.2) is 21.7 Å². The van der Waals surface area contributed by atoms with E-state index >= 15 is 0 Å². The molecule has 2 nitrogen and oxygen atoms in total. The zero-order chi connectivity index (χ0) is 11.5. The van der Waals surface area contributed by atoms with Gasteiger partial charge in [-0.2, -0.15) is 0 Å². The summed E-state index contributed by atoms with van der Waals surface area (Å²) in [5, 5.41) is 0.805. The van der Waals surface area contributed by atoms with Crippen molar-refractivity contribution in [3.63, 3.8) is 0 Å². The average Bonchev–Trinajstić information content (AvgIpc) is 2.80. The van der Waals surface area contributed by atoms with Crippen molar-refractivity contribution < 1.29 is 0 Å². The fourth-order valence-corrected chi connectivity index (χ4v) is 5.55. The second kappa shape index (κ2) is 5.98. The number of nitrogens with one attached hydrogen (secondary N) is 1. The van der Waals surface area contributed by atoms with Gasteiger partial charge in [0.25, 0.3) is 0 Å². The first-order chi connectivity index (χ1) is 8.42. The molecule has 3 rings (SSSR count). The van der Waals surface area contributed by atoms with Crippen LogP contribution in [0.5, 0.6) is 0 Å². The molecule has 2 unspecified atom stereocenters. The highest BCUT2D eigenvalue weighted by Gasteiger charge is 2.32. The Balaban J connectivity index is 1.46. The maximum atomic E-state index is 4.87. The van der Waals surface area contributed by atoms with Crippen molar-refractivity contribution in [3.8, 4) is 0 Å². The fraction of sp³-hybridized carbons (Fsp3) is 0.923. The summed E-state index contributed by atoms with van der Waals surface area (Å²) in [6.45, 7) is 0. The van der Waals surface area contributed by atoms with Crippen LogP contribution >= 0.6 is 23.7 Å². The topological polar surface area (TPSA) is 24.4 Å². The van der Waals surface area contributed by atoms with E-state index in [1.54, 1.807) is 0 Å². The molecule has 0 amide bonds. The number of nitrogens with zero attached hydrogens (tertiary/aromatic N) is 1. The van der Waals surface area contributed by atoms with Gasteiger partial charge in [0.05, 0.1) is 6.04 Å². The van der Waals surface area contributed by atoms with Gasteiger partial charge in [-0.15, -0.1) is 0 Å². The van der Waals surface area contributed by atoms with Crippen molar-refractivity contribution in [2.75, 3.05) is 0 Å². The molecule has 96 valence electrons. The molecule has 1 aliphatic heterocycles. The van der Waals surface area contributed by atoms with Gasteiger partial charge in [-0.1, -0.05) is 43.9 Å². The summed E-state index contributed by atoms with van der Waals surface area (Å²) in [6, 6.07) is 1.38. The molecular weight excluding hydrogens is 248 g/mol. The number of hydrogen-bond acceptors (Lipinski definition) is 4. The van der Waals surface area contributed by atoms with E-state index in [0.29, 0.717) is 6.04 Å². The number of thioether (sulfide) groups is 1. The molecule has 0 bridgehead atoms. The number of rotatable bonds is 2. The van der Waals surface area contributed by atoms with Gasteiger partial charge in [0.1, 0.15) is 4.38 Å². The van der Waals surface area contributed by atoms with Gasteiger partial charge in [-0.25, -0.2) is 0 Å². The zero-order valence-electron chi connectivity index (χ0n) is 10.4. The third-order valence-electron chi connectivity index (χ3n) is 4.11. The van der Waals surface area contributed by atoms with Gasteiger partial charge >= 0.3 is 0 Å². The third-order valence-corrected chi connectivity index (χ3v) is 6.54. The Labute approximate surface area is 113 Å². The van der Waals surface area contributed by atoms with Crippen LogP contribution in [0.3, 0.4) is 0 Å². The first-order valence-electron chi connectivity index (χ1n) is 7.08. The quantitative estimate of drug-likeness (QED) is 0.768. The summed E-state index contributed by atoms with van der Waals surface area (Å²) in [5.41, 5.74) is 0. The lowest BCUT2D eigenvalue weighted by molar-refractivity contribution is 0.424. The minimum Gasteiger partial charge on any atom is -0.266 e. The molecule has 2 saturated carbocycles. The van der Waals surface area contributed by atoms with E-state index in [4.69, 9.17) is 4.99 Å². The maximum absolute atomic E-state index is 4.87. The third kappa shape index (κ3) is 3.21. The van der Waals surface area contributed by atoms with Gasteiger partial charge < -0.3 is 0 Å². The summed E-state index contributed by atoms with van der Waals surface area (Å²) in [7, 11) is 0. The van der Waals surface area contributed by atoms with E-state index in [1.165, 1.54) is 62.2 Å². The first kappa shape index (κ1) is 12.4. The molecular formula is C13H22N2S2. The van der Waals surface area contributed by atoms with Crippen LogP contribution in [-0.2, 0) is 0 Å². The molecule has 0 spiro atoms. The van der Waals surface area contributed by atoms with Gasteiger partial charge in [0.15, 0.2) is 0 Å². The van der Waals surface area contributed by atoms with E-state index in [9.17, 15) is 0 Å². The van der Waals surface area contributed by atoms with E-state index in [1.807, 2.05) is 23.7 Å². The van der Waals surface area contributed by atoms with Gasteiger partial charge in [0, 0.05) is 11.3 Å². The highest BCUT2D eigenvalue weighted by Crippen LogP contribution is 2.39. The lowest BCUT2D eigenvalue weighted by Crippen LogP contribution is -2.26. The Morgan fingerprint density at radius 3 is 2.59 bits per heavy atom. The molecule has 1 heterocycles. The Hall–Kier alpha value is 0.330.